The van der Waals surface area contributed by atoms with Gasteiger partial charge in [0.25, 0.3) is 0 Å². The van der Waals surface area contributed by atoms with Crippen molar-refractivity contribution < 1.29 is 9.59 Å². The summed E-state index contributed by atoms with van der Waals surface area (Å²) in [7, 11) is 0. The Labute approximate surface area is 143 Å². The zero-order valence-electron chi connectivity index (χ0n) is 12.4. The molecule has 0 spiro atoms. The Balaban J connectivity index is 1.98. The zero-order chi connectivity index (χ0) is 16.6. The summed E-state index contributed by atoms with van der Waals surface area (Å²) in [6.07, 6.45) is 0. The number of benzene rings is 1. The average Bonchev–Trinajstić information content (AvgIpc) is 2.93. The van der Waals surface area contributed by atoms with Crippen molar-refractivity contribution in [3.8, 4) is 0 Å². The van der Waals surface area contributed by atoms with E-state index in [9.17, 15) is 9.59 Å². The van der Waals surface area contributed by atoms with Gasteiger partial charge in [0.2, 0.25) is 0 Å². The van der Waals surface area contributed by atoms with E-state index in [0.29, 0.717) is 16.3 Å². The summed E-state index contributed by atoms with van der Waals surface area (Å²) >= 11 is 7.44. The number of halogens is 1. The van der Waals surface area contributed by atoms with Gasteiger partial charge in [-0.15, -0.1) is 11.3 Å². The van der Waals surface area contributed by atoms with Crippen LogP contribution in [0.25, 0.3) is 0 Å². The van der Waals surface area contributed by atoms with E-state index in [1.165, 1.54) is 0 Å². The van der Waals surface area contributed by atoms with Gasteiger partial charge in [-0.3, -0.25) is 4.79 Å². The predicted octanol–water partition coefficient (Wildman–Crippen LogP) is 4.08. The first kappa shape index (κ1) is 15.8. The lowest BCUT2D eigenvalue weighted by Crippen LogP contribution is -2.50. The first-order valence-electron chi connectivity index (χ1n) is 7.08. The highest BCUT2D eigenvalue weighted by molar-refractivity contribution is 7.12. The molecule has 1 aliphatic rings. The molecule has 1 aliphatic heterocycles. The zero-order valence-corrected chi connectivity index (χ0v) is 14.0. The number of amides is 2. The van der Waals surface area contributed by atoms with Gasteiger partial charge in [-0.25, -0.2) is 4.79 Å². The van der Waals surface area contributed by atoms with Crippen LogP contribution in [0.3, 0.4) is 0 Å². The number of ketones is 1. The molecule has 3 rings (SSSR count). The third kappa shape index (κ3) is 3.16. The van der Waals surface area contributed by atoms with Crippen LogP contribution in [0, 0.1) is 12.8 Å². The molecule has 0 saturated carbocycles. The molecule has 0 radical (unpaired) electrons. The van der Waals surface area contributed by atoms with E-state index in [1.807, 2.05) is 19.1 Å². The van der Waals surface area contributed by atoms with Crippen molar-refractivity contribution >= 4 is 34.8 Å². The lowest BCUT2D eigenvalue weighted by atomic mass is 9.86. The largest absolute Gasteiger partial charge is 0.329 e. The number of hydrogen-bond donors (Lipinski definition) is 2. The number of carbonyl (C=O) groups is 2. The number of rotatable bonds is 3. The van der Waals surface area contributed by atoms with Gasteiger partial charge < -0.3 is 10.6 Å². The van der Waals surface area contributed by atoms with E-state index >= 15 is 0 Å². The summed E-state index contributed by atoms with van der Waals surface area (Å²) in [5.41, 5.74) is 0.946. The molecule has 0 aliphatic carbocycles. The molecule has 1 fully saturated rings. The lowest BCUT2D eigenvalue weighted by molar-refractivity contribution is 0.0906. The van der Waals surface area contributed by atoms with E-state index in [-0.39, 0.29) is 11.8 Å². The van der Waals surface area contributed by atoms with Crippen molar-refractivity contribution in [1.82, 2.24) is 10.6 Å². The summed E-state index contributed by atoms with van der Waals surface area (Å²) in [5.74, 6) is -0.665. The number of thiophene rings is 1. The Morgan fingerprint density at radius 3 is 2.52 bits per heavy atom. The van der Waals surface area contributed by atoms with Crippen LogP contribution in [0.5, 0.6) is 0 Å². The van der Waals surface area contributed by atoms with Gasteiger partial charge >= 0.3 is 6.03 Å². The van der Waals surface area contributed by atoms with Crippen molar-refractivity contribution in [2.75, 3.05) is 0 Å². The number of hydrogen-bond acceptors (Lipinski definition) is 3. The van der Waals surface area contributed by atoms with Gasteiger partial charge in [0.15, 0.2) is 5.78 Å². The van der Waals surface area contributed by atoms with E-state index in [4.69, 9.17) is 11.6 Å². The highest BCUT2D eigenvalue weighted by Gasteiger charge is 2.38. The van der Waals surface area contributed by atoms with E-state index in [2.05, 4.69) is 17.2 Å². The van der Waals surface area contributed by atoms with Gasteiger partial charge in [0.1, 0.15) is 0 Å². The molecular formula is C17H15ClN2O2S. The Hall–Kier alpha value is -2.11. The topological polar surface area (TPSA) is 58.2 Å². The van der Waals surface area contributed by atoms with Crippen molar-refractivity contribution in [2.45, 2.75) is 13.0 Å². The molecule has 2 aromatic rings. The minimum absolute atomic E-state index is 0.102. The SMILES string of the molecule is C=C1NC(=O)N[C@H](c2ccc(C)s2)[C@@H]1C(=O)c1ccc(Cl)cc1. The average molecular weight is 347 g/mol. The maximum absolute atomic E-state index is 12.9. The highest BCUT2D eigenvalue weighted by atomic mass is 35.5. The smallest absolute Gasteiger partial charge is 0.319 e. The Morgan fingerprint density at radius 2 is 1.91 bits per heavy atom. The third-order valence-corrected chi connectivity index (χ3v) is 5.08. The van der Waals surface area contributed by atoms with Crippen LogP contribution in [0.1, 0.15) is 26.2 Å². The van der Waals surface area contributed by atoms with E-state index < -0.39 is 12.0 Å². The normalized spacial score (nSPS) is 20.8. The minimum Gasteiger partial charge on any atom is -0.329 e. The van der Waals surface area contributed by atoms with Crippen LogP contribution in [-0.2, 0) is 0 Å². The van der Waals surface area contributed by atoms with Crippen LogP contribution < -0.4 is 10.6 Å². The Bertz CT molecular complexity index is 782. The number of Topliss-reactive ketones (excluding diaryl/α,β-unsaturated/α-hetero) is 1. The first-order chi connectivity index (χ1) is 11.0. The molecule has 1 saturated heterocycles. The monoisotopic (exact) mass is 346 g/mol. The summed E-state index contributed by atoms with van der Waals surface area (Å²) in [6.45, 7) is 5.87. The third-order valence-electron chi connectivity index (χ3n) is 3.75. The second-order valence-electron chi connectivity index (χ2n) is 5.40. The molecule has 2 amide bonds. The highest BCUT2D eigenvalue weighted by Crippen LogP contribution is 2.35. The van der Waals surface area contributed by atoms with Crippen molar-refractivity contribution in [1.29, 1.82) is 0 Å². The summed E-state index contributed by atoms with van der Waals surface area (Å²) in [4.78, 5) is 26.8. The predicted molar refractivity (Wildman–Crippen MR) is 91.9 cm³/mol. The van der Waals surface area contributed by atoms with Gasteiger partial charge in [0.05, 0.1) is 12.0 Å². The number of nitrogens with one attached hydrogen (secondary N) is 2. The van der Waals surface area contributed by atoms with Gasteiger partial charge in [0, 0.05) is 26.0 Å². The number of urea groups is 1. The summed E-state index contributed by atoms with van der Waals surface area (Å²) in [5, 5.41) is 6.02. The summed E-state index contributed by atoms with van der Waals surface area (Å²) in [6, 6.07) is 9.88. The molecule has 2 N–H and O–H groups in total. The maximum atomic E-state index is 12.9. The number of carbonyl (C=O) groups excluding carboxylic acids is 2. The molecule has 2 atom stereocenters. The Kier molecular flexibility index (Phi) is 4.24. The van der Waals surface area contributed by atoms with Crippen molar-refractivity contribution in [3.63, 3.8) is 0 Å². The van der Waals surface area contributed by atoms with Crippen molar-refractivity contribution in [3.05, 3.63) is 69.0 Å². The molecule has 118 valence electrons. The van der Waals surface area contributed by atoms with Gasteiger partial charge in [-0.05, 0) is 43.3 Å². The quantitative estimate of drug-likeness (QED) is 0.823. The Morgan fingerprint density at radius 1 is 1.22 bits per heavy atom. The molecule has 1 aromatic heterocycles. The molecule has 6 heteroatoms. The van der Waals surface area contributed by atoms with Gasteiger partial charge in [-0.2, -0.15) is 0 Å². The van der Waals surface area contributed by atoms with Crippen LogP contribution in [-0.4, -0.2) is 11.8 Å². The van der Waals surface area contributed by atoms with Crippen LogP contribution >= 0.6 is 22.9 Å². The molecule has 23 heavy (non-hydrogen) atoms. The fourth-order valence-electron chi connectivity index (χ4n) is 2.64. The fraction of sp³-hybridized carbons (Fsp3) is 0.176. The summed E-state index contributed by atoms with van der Waals surface area (Å²) < 4.78 is 0. The van der Waals surface area contributed by atoms with E-state index in [0.717, 1.165) is 9.75 Å². The molecular weight excluding hydrogens is 332 g/mol. The van der Waals surface area contributed by atoms with E-state index in [1.54, 1.807) is 35.6 Å². The van der Waals surface area contributed by atoms with Crippen LogP contribution in [0.15, 0.2) is 48.7 Å². The number of aryl methyl sites for hydroxylation is 1. The second-order valence-corrected chi connectivity index (χ2v) is 7.15. The second kappa shape index (κ2) is 6.18. The van der Waals surface area contributed by atoms with Crippen LogP contribution in [0.2, 0.25) is 5.02 Å². The van der Waals surface area contributed by atoms with Gasteiger partial charge in [-0.1, -0.05) is 18.2 Å². The first-order valence-corrected chi connectivity index (χ1v) is 8.27. The molecule has 1 aromatic carbocycles. The molecule has 0 bridgehead atoms. The van der Waals surface area contributed by atoms with Crippen LogP contribution in [0.4, 0.5) is 4.79 Å². The molecule has 2 heterocycles. The molecule has 4 nitrogen and oxygen atoms in total. The lowest BCUT2D eigenvalue weighted by Gasteiger charge is -2.33. The fourth-order valence-corrected chi connectivity index (χ4v) is 3.74. The maximum Gasteiger partial charge on any atom is 0.319 e. The minimum atomic E-state index is -0.563. The standard InChI is InChI=1S/C17H15ClN2O2S/c1-9-3-8-13(23-9)15-14(10(2)19-17(22)20-15)16(21)11-4-6-12(18)7-5-11/h3-8,14-15H,2H2,1H3,(H2,19,20,22)/t14-,15-/m1/s1. The van der Waals surface area contributed by atoms with Crippen molar-refractivity contribution in [2.24, 2.45) is 5.92 Å². The molecule has 0 unspecified atom stereocenters.